The average molecular weight is 304 g/mol. The highest BCUT2D eigenvalue weighted by Gasteiger charge is 2.09. The monoisotopic (exact) mass is 303 g/mol. The molecule has 0 saturated heterocycles. The summed E-state index contributed by atoms with van der Waals surface area (Å²) in [5.74, 6) is 0. The summed E-state index contributed by atoms with van der Waals surface area (Å²) in [4.78, 5) is 0. The molecule has 0 unspecified atom stereocenters. The first-order valence-corrected chi connectivity index (χ1v) is 6.88. The number of rotatable bonds is 2. The predicted molar refractivity (Wildman–Crippen MR) is 82.0 cm³/mol. The number of halogens is 1. The zero-order valence-corrected chi connectivity index (χ0v) is 12.6. The van der Waals surface area contributed by atoms with Crippen molar-refractivity contribution in [2.45, 2.75) is 27.2 Å². The number of nitrogens with two attached hydrogens (primary N) is 1. The summed E-state index contributed by atoms with van der Waals surface area (Å²) in [6.07, 6.45) is 0.877. The van der Waals surface area contributed by atoms with Crippen LogP contribution in [-0.4, -0.2) is 0 Å². The molecule has 0 spiro atoms. The molecule has 0 saturated carbocycles. The summed E-state index contributed by atoms with van der Waals surface area (Å²) in [6, 6.07) is 10.4. The molecule has 2 N–H and O–H groups in total. The fraction of sp³-hybridized carbons (Fsp3) is 0.250. The standard InChI is InChI=1S/C16H18BrN/c1-10-7-8-15(18)14(12(10)3)9-13-6-4-5-11(2)16(13)17/h4-8H,9,18H2,1-3H3. The molecule has 0 fully saturated rings. The maximum Gasteiger partial charge on any atom is 0.0352 e. The van der Waals surface area contributed by atoms with Gasteiger partial charge in [-0.05, 0) is 54.7 Å². The number of anilines is 1. The van der Waals surface area contributed by atoms with Gasteiger partial charge >= 0.3 is 0 Å². The van der Waals surface area contributed by atoms with Crippen LogP contribution in [0.25, 0.3) is 0 Å². The Labute approximate surface area is 117 Å². The molecule has 2 aromatic carbocycles. The van der Waals surface area contributed by atoms with E-state index in [4.69, 9.17) is 5.73 Å². The zero-order valence-electron chi connectivity index (χ0n) is 11.0. The van der Waals surface area contributed by atoms with Crippen molar-refractivity contribution in [2.24, 2.45) is 0 Å². The van der Waals surface area contributed by atoms with E-state index in [-0.39, 0.29) is 0 Å². The molecule has 1 nitrogen and oxygen atoms in total. The summed E-state index contributed by atoms with van der Waals surface area (Å²) < 4.78 is 1.19. The molecule has 0 aliphatic rings. The van der Waals surface area contributed by atoms with Gasteiger partial charge in [0.2, 0.25) is 0 Å². The maximum absolute atomic E-state index is 6.11. The lowest BCUT2D eigenvalue weighted by molar-refractivity contribution is 1.12. The lowest BCUT2D eigenvalue weighted by Crippen LogP contribution is -2.01. The molecule has 0 aromatic heterocycles. The van der Waals surface area contributed by atoms with Crippen LogP contribution in [0, 0.1) is 20.8 Å². The van der Waals surface area contributed by atoms with Crippen LogP contribution < -0.4 is 5.73 Å². The van der Waals surface area contributed by atoms with Gasteiger partial charge in [0, 0.05) is 16.6 Å². The van der Waals surface area contributed by atoms with Gasteiger partial charge < -0.3 is 5.73 Å². The molecule has 94 valence electrons. The number of nitrogen functional groups attached to an aromatic ring is 1. The fourth-order valence-electron chi connectivity index (χ4n) is 2.16. The Morgan fingerprint density at radius 1 is 1.00 bits per heavy atom. The highest BCUT2D eigenvalue weighted by molar-refractivity contribution is 9.10. The van der Waals surface area contributed by atoms with Crippen molar-refractivity contribution in [3.05, 3.63) is 62.6 Å². The summed E-state index contributed by atoms with van der Waals surface area (Å²) >= 11 is 3.66. The number of hydrogen-bond donors (Lipinski definition) is 1. The van der Waals surface area contributed by atoms with Gasteiger partial charge in [0.25, 0.3) is 0 Å². The minimum Gasteiger partial charge on any atom is -0.398 e. The molecule has 0 bridgehead atoms. The SMILES string of the molecule is Cc1ccc(N)c(Cc2cccc(C)c2Br)c1C. The van der Waals surface area contributed by atoms with Gasteiger partial charge in [0.05, 0.1) is 0 Å². The van der Waals surface area contributed by atoms with E-state index in [1.54, 1.807) is 0 Å². The maximum atomic E-state index is 6.11. The molecule has 0 aliphatic heterocycles. The Hall–Kier alpha value is -1.28. The van der Waals surface area contributed by atoms with Crippen molar-refractivity contribution >= 4 is 21.6 Å². The van der Waals surface area contributed by atoms with Gasteiger partial charge in [-0.15, -0.1) is 0 Å². The van der Waals surface area contributed by atoms with Crippen LogP contribution in [0.4, 0.5) is 5.69 Å². The summed E-state index contributed by atoms with van der Waals surface area (Å²) in [7, 11) is 0. The van der Waals surface area contributed by atoms with E-state index < -0.39 is 0 Å². The average Bonchev–Trinajstić information content (AvgIpc) is 2.35. The number of aryl methyl sites for hydroxylation is 2. The summed E-state index contributed by atoms with van der Waals surface area (Å²) in [5.41, 5.74) is 13.4. The van der Waals surface area contributed by atoms with Crippen molar-refractivity contribution in [1.82, 2.24) is 0 Å². The highest BCUT2D eigenvalue weighted by atomic mass is 79.9. The molecule has 18 heavy (non-hydrogen) atoms. The van der Waals surface area contributed by atoms with Crippen LogP contribution in [0.5, 0.6) is 0 Å². The molecule has 0 aliphatic carbocycles. The van der Waals surface area contributed by atoms with Gasteiger partial charge in [-0.25, -0.2) is 0 Å². The van der Waals surface area contributed by atoms with E-state index in [1.165, 1.54) is 32.3 Å². The quantitative estimate of drug-likeness (QED) is 0.809. The van der Waals surface area contributed by atoms with E-state index >= 15 is 0 Å². The summed E-state index contributed by atoms with van der Waals surface area (Å²) in [6.45, 7) is 6.38. The van der Waals surface area contributed by atoms with E-state index in [1.807, 2.05) is 6.07 Å². The third kappa shape index (κ3) is 2.44. The zero-order chi connectivity index (χ0) is 13.3. The van der Waals surface area contributed by atoms with Crippen molar-refractivity contribution in [1.29, 1.82) is 0 Å². The second-order valence-electron chi connectivity index (χ2n) is 4.80. The Kier molecular flexibility index (Phi) is 3.76. The topological polar surface area (TPSA) is 26.0 Å². The fourth-order valence-corrected chi connectivity index (χ4v) is 2.57. The molecule has 2 heteroatoms. The van der Waals surface area contributed by atoms with Crippen molar-refractivity contribution < 1.29 is 0 Å². The number of hydrogen-bond acceptors (Lipinski definition) is 1. The summed E-state index contributed by atoms with van der Waals surface area (Å²) in [5, 5.41) is 0. The van der Waals surface area contributed by atoms with Crippen LogP contribution >= 0.6 is 15.9 Å². The molecular weight excluding hydrogens is 286 g/mol. The van der Waals surface area contributed by atoms with Gasteiger partial charge in [0.15, 0.2) is 0 Å². The third-order valence-corrected chi connectivity index (χ3v) is 4.68. The molecular formula is C16H18BrN. The Morgan fingerprint density at radius 2 is 1.72 bits per heavy atom. The molecule has 0 amide bonds. The predicted octanol–water partition coefficient (Wildman–Crippen LogP) is 4.55. The van der Waals surface area contributed by atoms with E-state index in [0.717, 1.165) is 12.1 Å². The van der Waals surface area contributed by atoms with Crippen LogP contribution in [0.1, 0.15) is 27.8 Å². The first kappa shape index (κ1) is 13.2. The minimum atomic E-state index is 0.877. The van der Waals surface area contributed by atoms with Gasteiger partial charge in [0.1, 0.15) is 0 Å². The second-order valence-corrected chi connectivity index (χ2v) is 5.59. The van der Waals surface area contributed by atoms with Gasteiger partial charge in [-0.2, -0.15) is 0 Å². The first-order chi connectivity index (χ1) is 8.50. The van der Waals surface area contributed by atoms with Crippen molar-refractivity contribution in [3.63, 3.8) is 0 Å². The van der Waals surface area contributed by atoms with Crippen LogP contribution in [-0.2, 0) is 6.42 Å². The van der Waals surface area contributed by atoms with Gasteiger partial charge in [-0.1, -0.05) is 40.2 Å². The van der Waals surface area contributed by atoms with Crippen LogP contribution in [0.3, 0.4) is 0 Å². The second kappa shape index (κ2) is 5.15. The molecule has 2 aromatic rings. The highest BCUT2D eigenvalue weighted by Crippen LogP contribution is 2.28. The van der Waals surface area contributed by atoms with Gasteiger partial charge in [-0.3, -0.25) is 0 Å². The van der Waals surface area contributed by atoms with Crippen LogP contribution in [0.2, 0.25) is 0 Å². The lowest BCUT2D eigenvalue weighted by atomic mass is 9.95. The van der Waals surface area contributed by atoms with Crippen LogP contribution in [0.15, 0.2) is 34.8 Å². The molecule has 0 radical (unpaired) electrons. The Balaban J connectivity index is 2.46. The molecule has 2 rings (SSSR count). The largest absolute Gasteiger partial charge is 0.398 e. The smallest absolute Gasteiger partial charge is 0.0352 e. The van der Waals surface area contributed by atoms with E-state index in [0.29, 0.717) is 0 Å². The van der Waals surface area contributed by atoms with E-state index in [2.05, 4.69) is 61.0 Å². The normalized spacial score (nSPS) is 10.7. The van der Waals surface area contributed by atoms with E-state index in [9.17, 15) is 0 Å². The minimum absolute atomic E-state index is 0.877. The first-order valence-electron chi connectivity index (χ1n) is 6.09. The Morgan fingerprint density at radius 3 is 2.44 bits per heavy atom. The lowest BCUT2D eigenvalue weighted by Gasteiger charge is -2.14. The van der Waals surface area contributed by atoms with Crippen molar-refractivity contribution in [3.8, 4) is 0 Å². The third-order valence-electron chi connectivity index (χ3n) is 3.54. The van der Waals surface area contributed by atoms with Crippen molar-refractivity contribution in [2.75, 3.05) is 5.73 Å². The molecule has 0 heterocycles. The number of benzene rings is 2. The molecule has 0 atom stereocenters. The Bertz CT molecular complexity index is 588.